The Balaban J connectivity index is 2.01. The third-order valence-corrected chi connectivity index (χ3v) is 3.79. The van der Waals surface area contributed by atoms with E-state index >= 15 is 0 Å². The number of morpholine rings is 1. The maximum absolute atomic E-state index is 12.7. The van der Waals surface area contributed by atoms with Crippen LogP contribution in [-0.2, 0) is 4.74 Å². The van der Waals surface area contributed by atoms with Gasteiger partial charge in [-0.05, 0) is 32.4 Å². The highest BCUT2D eigenvalue weighted by Gasteiger charge is 2.28. The normalized spacial score (nSPS) is 22.0. The van der Waals surface area contributed by atoms with Gasteiger partial charge in [0.05, 0.1) is 12.2 Å². The first-order valence-electron chi connectivity index (χ1n) is 7.38. The highest BCUT2D eigenvalue weighted by Crippen LogP contribution is 2.13. The van der Waals surface area contributed by atoms with Crippen molar-refractivity contribution in [3.63, 3.8) is 0 Å². The summed E-state index contributed by atoms with van der Waals surface area (Å²) in [6, 6.07) is 3.65. The molecule has 0 spiro atoms. The van der Waals surface area contributed by atoms with Gasteiger partial charge < -0.3 is 9.64 Å². The van der Waals surface area contributed by atoms with Crippen LogP contribution in [0, 0.1) is 6.92 Å². The number of amides is 1. The third-order valence-electron chi connectivity index (χ3n) is 3.79. The molecule has 1 amide bonds. The lowest BCUT2D eigenvalue weighted by Crippen LogP contribution is -2.49. The van der Waals surface area contributed by atoms with Crippen molar-refractivity contribution in [2.75, 3.05) is 13.1 Å². The van der Waals surface area contributed by atoms with Gasteiger partial charge in [-0.25, -0.2) is 4.98 Å². The van der Waals surface area contributed by atoms with Crippen LogP contribution >= 0.6 is 0 Å². The van der Waals surface area contributed by atoms with Gasteiger partial charge in [0.15, 0.2) is 0 Å². The quantitative estimate of drug-likeness (QED) is 0.795. The van der Waals surface area contributed by atoms with E-state index in [0.717, 1.165) is 5.56 Å². The minimum absolute atomic E-state index is 0.0360. The lowest BCUT2D eigenvalue weighted by atomic mass is 10.2. The van der Waals surface area contributed by atoms with E-state index < -0.39 is 0 Å². The molecule has 6 nitrogen and oxygen atoms in total. The number of rotatable bonds is 1. The summed E-state index contributed by atoms with van der Waals surface area (Å²) >= 11 is 0. The molecule has 1 fully saturated rings. The van der Waals surface area contributed by atoms with Crippen LogP contribution < -0.4 is 5.56 Å². The topological polar surface area (TPSA) is 63.9 Å². The van der Waals surface area contributed by atoms with Crippen molar-refractivity contribution in [1.82, 2.24) is 14.3 Å². The summed E-state index contributed by atoms with van der Waals surface area (Å²) in [6.07, 6.45) is 3.00. The van der Waals surface area contributed by atoms with E-state index in [0.29, 0.717) is 18.7 Å². The largest absolute Gasteiger partial charge is 0.372 e. The first kappa shape index (κ1) is 14.7. The maximum atomic E-state index is 12.7. The Morgan fingerprint density at radius 3 is 2.64 bits per heavy atom. The minimum atomic E-state index is -0.328. The van der Waals surface area contributed by atoms with Crippen molar-refractivity contribution in [2.24, 2.45) is 0 Å². The van der Waals surface area contributed by atoms with Crippen LogP contribution in [0.1, 0.15) is 29.8 Å². The van der Waals surface area contributed by atoms with Crippen molar-refractivity contribution < 1.29 is 9.53 Å². The van der Waals surface area contributed by atoms with Crippen LogP contribution in [0.4, 0.5) is 0 Å². The van der Waals surface area contributed by atoms with Crippen molar-refractivity contribution in [3.05, 3.63) is 46.0 Å². The Morgan fingerprint density at radius 2 is 1.95 bits per heavy atom. The fourth-order valence-corrected chi connectivity index (χ4v) is 2.84. The molecule has 116 valence electrons. The molecule has 0 aliphatic carbocycles. The average molecular weight is 301 g/mol. The first-order valence-corrected chi connectivity index (χ1v) is 7.38. The van der Waals surface area contributed by atoms with E-state index in [1.807, 2.05) is 26.8 Å². The average Bonchev–Trinajstić information content (AvgIpc) is 2.46. The van der Waals surface area contributed by atoms with Crippen molar-refractivity contribution in [3.8, 4) is 0 Å². The number of ether oxygens (including phenoxy) is 1. The predicted molar refractivity (Wildman–Crippen MR) is 82.1 cm³/mol. The maximum Gasteiger partial charge on any atom is 0.270 e. The van der Waals surface area contributed by atoms with Crippen molar-refractivity contribution in [2.45, 2.75) is 33.0 Å². The molecule has 1 aliphatic rings. The molecule has 0 aromatic carbocycles. The van der Waals surface area contributed by atoms with Gasteiger partial charge in [0.2, 0.25) is 0 Å². The summed E-state index contributed by atoms with van der Waals surface area (Å²) in [6.45, 7) is 6.71. The number of nitrogens with zero attached hydrogens (tertiary/aromatic N) is 3. The summed E-state index contributed by atoms with van der Waals surface area (Å²) in [7, 11) is 0. The summed E-state index contributed by atoms with van der Waals surface area (Å²) in [5.74, 6) is -0.282. The van der Waals surface area contributed by atoms with Crippen LogP contribution in [0.5, 0.6) is 0 Å². The van der Waals surface area contributed by atoms with E-state index in [9.17, 15) is 9.59 Å². The van der Waals surface area contributed by atoms with E-state index in [4.69, 9.17) is 4.74 Å². The second kappa shape index (κ2) is 5.53. The Labute approximate surface area is 128 Å². The van der Waals surface area contributed by atoms with Crippen LogP contribution in [0.25, 0.3) is 5.65 Å². The molecule has 2 atom stereocenters. The lowest BCUT2D eigenvalue weighted by Gasteiger charge is -2.35. The number of aryl methyl sites for hydroxylation is 1. The molecule has 2 unspecified atom stereocenters. The highest BCUT2D eigenvalue weighted by molar-refractivity contribution is 5.93. The molecule has 0 N–H and O–H groups in total. The second-order valence-corrected chi connectivity index (χ2v) is 5.88. The zero-order chi connectivity index (χ0) is 15.9. The number of hydrogen-bond donors (Lipinski definition) is 0. The van der Waals surface area contributed by atoms with Gasteiger partial charge in [-0.3, -0.25) is 14.0 Å². The fraction of sp³-hybridized carbons (Fsp3) is 0.438. The molecule has 2 aromatic rings. The highest BCUT2D eigenvalue weighted by atomic mass is 16.5. The third kappa shape index (κ3) is 2.62. The summed E-state index contributed by atoms with van der Waals surface area (Å²) in [5, 5.41) is 0. The zero-order valence-electron chi connectivity index (χ0n) is 12.9. The minimum Gasteiger partial charge on any atom is -0.372 e. The molecule has 1 aliphatic heterocycles. The van der Waals surface area contributed by atoms with Crippen LogP contribution in [0.2, 0.25) is 0 Å². The molecule has 0 radical (unpaired) electrons. The molecule has 2 aromatic heterocycles. The molecule has 22 heavy (non-hydrogen) atoms. The number of aromatic nitrogens is 2. The zero-order valence-corrected chi connectivity index (χ0v) is 12.9. The fourth-order valence-electron chi connectivity index (χ4n) is 2.84. The van der Waals surface area contributed by atoms with Gasteiger partial charge >= 0.3 is 0 Å². The van der Waals surface area contributed by atoms with Gasteiger partial charge in [0, 0.05) is 25.5 Å². The first-order chi connectivity index (χ1) is 10.5. The molecular weight excluding hydrogens is 282 g/mol. The number of hydrogen-bond acceptors (Lipinski definition) is 4. The monoisotopic (exact) mass is 301 g/mol. The number of carbonyl (C=O) groups is 1. The predicted octanol–water partition coefficient (Wildman–Crippen LogP) is 1.25. The number of carbonyl (C=O) groups excluding carboxylic acids is 1. The molecule has 1 saturated heterocycles. The Kier molecular flexibility index (Phi) is 3.70. The van der Waals surface area contributed by atoms with Crippen molar-refractivity contribution >= 4 is 11.6 Å². The standard InChI is InChI=1S/C16H19N3O3/c1-10-4-5-14-17-6-13(16(21)19(14)7-10)15(20)18-8-11(2)22-12(3)9-18/h4-7,11-12H,8-9H2,1-3H3. The molecule has 0 bridgehead atoms. The molecule has 3 heterocycles. The van der Waals surface area contributed by atoms with E-state index in [2.05, 4.69) is 4.98 Å². The Hall–Kier alpha value is -2.21. The van der Waals surface area contributed by atoms with Crippen LogP contribution in [-0.4, -0.2) is 45.5 Å². The summed E-state index contributed by atoms with van der Waals surface area (Å²) < 4.78 is 7.05. The summed E-state index contributed by atoms with van der Waals surface area (Å²) in [4.78, 5) is 31.1. The van der Waals surface area contributed by atoms with Gasteiger partial charge in [0.1, 0.15) is 11.2 Å². The van der Waals surface area contributed by atoms with Gasteiger partial charge in [-0.15, -0.1) is 0 Å². The molecule has 6 heteroatoms. The second-order valence-electron chi connectivity index (χ2n) is 5.88. The van der Waals surface area contributed by atoms with E-state index in [-0.39, 0.29) is 29.2 Å². The van der Waals surface area contributed by atoms with Gasteiger partial charge in [0.25, 0.3) is 11.5 Å². The van der Waals surface area contributed by atoms with Crippen LogP contribution in [0.3, 0.4) is 0 Å². The molecule has 0 saturated carbocycles. The van der Waals surface area contributed by atoms with Gasteiger partial charge in [-0.1, -0.05) is 6.07 Å². The Morgan fingerprint density at radius 1 is 1.27 bits per heavy atom. The Bertz CT molecular complexity index is 774. The van der Waals surface area contributed by atoms with E-state index in [1.54, 1.807) is 17.2 Å². The molecular formula is C16H19N3O3. The van der Waals surface area contributed by atoms with Crippen molar-refractivity contribution in [1.29, 1.82) is 0 Å². The van der Waals surface area contributed by atoms with Crippen LogP contribution in [0.15, 0.2) is 29.3 Å². The SMILES string of the molecule is Cc1ccc2ncc(C(=O)N3CC(C)OC(C)C3)c(=O)n2c1. The van der Waals surface area contributed by atoms with Gasteiger partial charge in [-0.2, -0.15) is 0 Å². The number of pyridine rings is 1. The lowest BCUT2D eigenvalue weighted by molar-refractivity contribution is -0.0586. The molecule has 3 rings (SSSR count). The van der Waals surface area contributed by atoms with E-state index in [1.165, 1.54) is 10.6 Å². The number of fused-ring (bicyclic) bond motifs is 1. The smallest absolute Gasteiger partial charge is 0.270 e. The summed E-state index contributed by atoms with van der Waals surface area (Å²) in [5.41, 5.74) is 1.25.